The molecule has 84 valence electrons. The van der Waals surface area contributed by atoms with Crippen LogP contribution in [0, 0.1) is 0 Å². The van der Waals surface area contributed by atoms with E-state index in [4.69, 9.17) is 5.90 Å². The third kappa shape index (κ3) is 4.06. The van der Waals surface area contributed by atoms with Gasteiger partial charge in [-0.3, -0.25) is 0 Å². The van der Waals surface area contributed by atoms with Crippen LogP contribution in [0.5, 0.6) is 0 Å². The van der Waals surface area contributed by atoms with Gasteiger partial charge in [-0.15, -0.1) is 11.8 Å². The Hall–Kier alpha value is -0.790. The lowest BCUT2D eigenvalue weighted by atomic mass is 10.3. The molecule has 15 heavy (non-hydrogen) atoms. The molecule has 0 aliphatic carbocycles. The molecule has 1 rings (SSSR count). The van der Waals surface area contributed by atoms with E-state index in [1.54, 1.807) is 0 Å². The van der Waals surface area contributed by atoms with E-state index in [9.17, 15) is 13.2 Å². The lowest BCUT2D eigenvalue weighted by Gasteiger charge is -2.06. The second-order valence-electron chi connectivity index (χ2n) is 2.60. The molecule has 0 aliphatic rings. The van der Waals surface area contributed by atoms with Gasteiger partial charge in [-0.1, -0.05) is 0 Å². The molecule has 0 spiro atoms. The largest absolute Gasteiger partial charge is 0.417 e. The summed E-state index contributed by atoms with van der Waals surface area (Å²) in [6, 6.07) is 2.32. The maximum Gasteiger partial charge on any atom is 0.417 e. The summed E-state index contributed by atoms with van der Waals surface area (Å²) in [5.41, 5.74) is -0.748. The van der Waals surface area contributed by atoms with Crippen LogP contribution in [0.15, 0.2) is 23.4 Å². The third-order valence-corrected chi connectivity index (χ3v) is 2.42. The highest BCUT2D eigenvalue weighted by molar-refractivity contribution is 7.99. The van der Waals surface area contributed by atoms with Crippen molar-refractivity contribution < 1.29 is 18.0 Å². The smallest absolute Gasteiger partial charge is 0.304 e. The fourth-order valence-corrected chi connectivity index (χ4v) is 1.51. The van der Waals surface area contributed by atoms with Gasteiger partial charge in [0.15, 0.2) is 0 Å². The molecule has 0 amide bonds. The van der Waals surface area contributed by atoms with E-state index in [0.717, 1.165) is 12.3 Å². The zero-order chi connectivity index (χ0) is 11.3. The van der Waals surface area contributed by atoms with Gasteiger partial charge in [0.1, 0.15) is 0 Å². The normalized spacial score (nSPS) is 11.7. The minimum Gasteiger partial charge on any atom is -0.304 e. The van der Waals surface area contributed by atoms with E-state index in [2.05, 4.69) is 9.82 Å². The average molecular weight is 238 g/mol. The Bertz CT molecular complexity index is 302. The lowest BCUT2D eigenvalue weighted by molar-refractivity contribution is -0.137. The number of hydrogen-bond acceptors (Lipinski definition) is 4. The van der Waals surface area contributed by atoms with Crippen molar-refractivity contribution in [1.29, 1.82) is 0 Å². The number of aromatic nitrogens is 1. The molecule has 7 heteroatoms. The van der Waals surface area contributed by atoms with Crippen molar-refractivity contribution in [3.63, 3.8) is 0 Å². The first-order chi connectivity index (χ1) is 7.04. The molecule has 0 radical (unpaired) electrons. The van der Waals surface area contributed by atoms with Crippen molar-refractivity contribution in [2.45, 2.75) is 11.2 Å². The maximum absolute atomic E-state index is 12.1. The van der Waals surface area contributed by atoms with Crippen LogP contribution in [-0.4, -0.2) is 17.3 Å². The summed E-state index contributed by atoms with van der Waals surface area (Å²) in [6.07, 6.45) is -3.53. The van der Waals surface area contributed by atoms with Gasteiger partial charge in [0.25, 0.3) is 0 Å². The van der Waals surface area contributed by atoms with Gasteiger partial charge in [-0.2, -0.15) is 13.2 Å². The predicted octanol–water partition coefficient (Wildman–Crippen LogP) is 2.08. The summed E-state index contributed by atoms with van der Waals surface area (Å²) in [5, 5.41) is 0.514. The number of alkyl halides is 3. The molecule has 0 saturated carbocycles. The molecule has 1 aromatic rings. The van der Waals surface area contributed by atoms with E-state index in [1.807, 2.05) is 0 Å². The van der Waals surface area contributed by atoms with Crippen LogP contribution in [0.3, 0.4) is 0 Å². The Kier molecular flexibility index (Phi) is 4.37. The monoisotopic (exact) mass is 238 g/mol. The van der Waals surface area contributed by atoms with Gasteiger partial charge in [0, 0.05) is 11.9 Å². The van der Waals surface area contributed by atoms with Gasteiger partial charge in [0.2, 0.25) is 0 Å². The summed E-state index contributed by atoms with van der Waals surface area (Å²) in [5.74, 6) is 5.34. The van der Waals surface area contributed by atoms with Gasteiger partial charge in [0.05, 0.1) is 17.2 Å². The molecule has 0 fully saturated rings. The van der Waals surface area contributed by atoms with Crippen LogP contribution in [-0.2, 0) is 11.0 Å². The number of halogens is 3. The molecule has 0 aromatic carbocycles. The molecule has 2 N–H and O–H groups in total. The van der Waals surface area contributed by atoms with Gasteiger partial charge < -0.3 is 4.84 Å². The predicted molar refractivity (Wildman–Crippen MR) is 50.1 cm³/mol. The fraction of sp³-hybridized carbons (Fsp3) is 0.375. The highest BCUT2D eigenvalue weighted by Crippen LogP contribution is 2.29. The first kappa shape index (κ1) is 12.3. The Balaban J connectivity index is 2.57. The molecule has 0 unspecified atom stereocenters. The molecule has 3 nitrogen and oxygen atoms in total. The molecular formula is C8H9F3N2OS. The van der Waals surface area contributed by atoms with Crippen LogP contribution < -0.4 is 5.90 Å². The van der Waals surface area contributed by atoms with Gasteiger partial charge >= 0.3 is 6.18 Å². The minimum atomic E-state index is -4.34. The van der Waals surface area contributed by atoms with Crippen LogP contribution in [0.25, 0.3) is 0 Å². The SMILES string of the molecule is NOCCSc1ccc(C(F)(F)F)cn1. The Morgan fingerprint density at radius 1 is 1.40 bits per heavy atom. The number of hydrogen-bond donors (Lipinski definition) is 1. The first-order valence-corrected chi connectivity index (χ1v) is 5.00. The lowest BCUT2D eigenvalue weighted by Crippen LogP contribution is -2.05. The maximum atomic E-state index is 12.1. The van der Waals surface area contributed by atoms with Crippen LogP contribution >= 0.6 is 11.8 Å². The van der Waals surface area contributed by atoms with Crippen LogP contribution in [0.4, 0.5) is 13.2 Å². The van der Waals surface area contributed by atoms with E-state index >= 15 is 0 Å². The second kappa shape index (κ2) is 5.34. The quantitative estimate of drug-likeness (QED) is 0.495. The standard InChI is InChI=1S/C8H9F3N2OS/c9-8(10,11)6-1-2-7(13-5-6)15-4-3-14-12/h1-2,5H,3-4,12H2. The fourth-order valence-electron chi connectivity index (χ4n) is 0.828. The van der Waals surface area contributed by atoms with Crippen LogP contribution in [0.2, 0.25) is 0 Å². The summed E-state index contributed by atoms with van der Waals surface area (Å²) >= 11 is 1.28. The molecule has 0 aliphatic heterocycles. The minimum absolute atomic E-state index is 0.327. The third-order valence-electron chi connectivity index (χ3n) is 1.51. The molecule has 1 aromatic heterocycles. The highest BCUT2D eigenvalue weighted by atomic mass is 32.2. The zero-order valence-electron chi connectivity index (χ0n) is 7.62. The van der Waals surface area contributed by atoms with Crippen LogP contribution in [0.1, 0.15) is 5.56 Å². The number of thioether (sulfide) groups is 1. The Morgan fingerprint density at radius 3 is 2.60 bits per heavy atom. The van der Waals surface area contributed by atoms with Crippen molar-refractivity contribution in [3.05, 3.63) is 23.9 Å². The molecular weight excluding hydrogens is 229 g/mol. The summed E-state index contributed by atoms with van der Waals surface area (Å²) in [6.45, 7) is 0.327. The second-order valence-corrected chi connectivity index (χ2v) is 3.72. The summed E-state index contributed by atoms with van der Waals surface area (Å²) in [7, 11) is 0. The van der Waals surface area contributed by atoms with Crippen molar-refractivity contribution in [3.8, 4) is 0 Å². The molecule has 0 bridgehead atoms. The molecule has 1 heterocycles. The van der Waals surface area contributed by atoms with E-state index in [-0.39, 0.29) is 0 Å². The topological polar surface area (TPSA) is 48.1 Å². The summed E-state index contributed by atoms with van der Waals surface area (Å²) < 4.78 is 36.4. The molecule has 0 saturated heterocycles. The van der Waals surface area contributed by atoms with Gasteiger partial charge in [-0.05, 0) is 12.1 Å². The van der Waals surface area contributed by atoms with E-state index in [1.165, 1.54) is 17.8 Å². The van der Waals surface area contributed by atoms with Crippen molar-refractivity contribution in [2.75, 3.05) is 12.4 Å². The summed E-state index contributed by atoms with van der Waals surface area (Å²) in [4.78, 5) is 7.98. The molecule has 0 atom stereocenters. The van der Waals surface area contributed by atoms with E-state index < -0.39 is 11.7 Å². The Morgan fingerprint density at radius 2 is 2.13 bits per heavy atom. The highest BCUT2D eigenvalue weighted by Gasteiger charge is 2.30. The average Bonchev–Trinajstić information content (AvgIpc) is 2.18. The van der Waals surface area contributed by atoms with Gasteiger partial charge in [-0.25, -0.2) is 10.9 Å². The zero-order valence-corrected chi connectivity index (χ0v) is 8.44. The number of pyridine rings is 1. The van der Waals surface area contributed by atoms with Crippen molar-refractivity contribution in [2.24, 2.45) is 5.90 Å². The number of rotatable bonds is 4. The Labute approximate surface area is 88.8 Å². The number of nitrogens with two attached hydrogens (primary N) is 1. The van der Waals surface area contributed by atoms with Crippen molar-refractivity contribution >= 4 is 11.8 Å². The number of nitrogens with zero attached hydrogens (tertiary/aromatic N) is 1. The first-order valence-electron chi connectivity index (χ1n) is 4.02. The van der Waals surface area contributed by atoms with E-state index in [0.29, 0.717) is 17.4 Å². The van der Waals surface area contributed by atoms with Crippen molar-refractivity contribution in [1.82, 2.24) is 4.98 Å².